The van der Waals surface area contributed by atoms with Crippen molar-refractivity contribution in [3.05, 3.63) is 33.6 Å². The molecule has 1 saturated heterocycles. The number of rotatable bonds is 3. The minimum Gasteiger partial charge on any atom is -0.349 e. The van der Waals surface area contributed by atoms with Crippen LogP contribution in [0.15, 0.2) is 12.3 Å². The molecule has 1 aromatic rings. The van der Waals surface area contributed by atoms with Crippen LogP contribution in [0.5, 0.6) is 0 Å². The van der Waals surface area contributed by atoms with Crippen molar-refractivity contribution < 1.29 is 9.72 Å². The summed E-state index contributed by atoms with van der Waals surface area (Å²) in [5.74, 6) is -0.291. The maximum atomic E-state index is 12.1. The van der Waals surface area contributed by atoms with Crippen LogP contribution in [0.1, 0.15) is 28.9 Å². The molecule has 1 aromatic heterocycles. The largest absolute Gasteiger partial charge is 0.349 e. The maximum Gasteiger partial charge on any atom is 0.288 e. The van der Waals surface area contributed by atoms with Gasteiger partial charge in [0.15, 0.2) is 0 Å². The van der Waals surface area contributed by atoms with Gasteiger partial charge in [-0.1, -0.05) is 0 Å². The third-order valence-corrected chi connectivity index (χ3v) is 3.20. The van der Waals surface area contributed by atoms with E-state index in [1.807, 2.05) is 0 Å². The highest BCUT2D eigenvalue weighted by Crippen LogP contribution is 2.15. The third-order valence-electron chi connectivity index (χ3n) is 3.20. The molecular weight excluding hydrogens is 248 g/mol. The van der Waals surface area contributed by atoms with E-state index in [9.17, 15) is 14.9 Å². The predicted molar refractivity (Wildman–Crippen MR) is 69.0 cm³/mol. The van der Waals surface area contributed by atoms with Crippen LogP contribution < -0.4 is 10.6 Å². The van der Waals surface area contributed by atoms with Crippen LogP contribution in [0.3, 0.4) is 0 Å². The van der Waals surface area contributed by atoms with Gasteiger partial charge in [-0.25, -0.2) is 0 Å². The third kappa shape index (κ3) is 3.25. The Morgan fingerprint density at radius 2 is 2.21 bits per heavy atom. The molecular formula is C12H16N4O3. The van der Waals surface area contributed by atoms with E-state index >= 15 is 0 Å². The number of aryl methyl sites for hydroxylation is 1. The second-order valence-electron chi connectivity index (χ2n) is 4.58. The Labute approximate surface area is 110 Å². The zero-order chi connectivity index (χ0) is 13.8. The Balaban J connectivity index is 2.13. The van der Waals surface area contributed by atoms with Gasteiger partial charge in [-0.15, -0.1) is 0 Å². The van der Waals surface area contributed by atoms with Gasteiger partial charge >= 0.3 is 0 Å². The van der Waals surface area contributed by atoms with E-state index in [2.05, 4.69) is 15.6 Å². The molecule has 0 unspecified atom stereocenters. The molecule has 0 radical (unpaired) electrons. The SMILES string of the molecule is Cc1ncc([N+](=O)[O-])cc1C(=O)NC1CCNCC1. The minimum absolute atomic E-state index is 0.118. The lowest BCUT2D eigenvalue weighted by Gasteiger charge is -2.23. The van der Waals surface area contributed by atoms with Crippen LogP contribution in [0.25, 0.3) is 0 Å². The standard InChI is InChI=1S/C12H16N4O3/c1-8-11(6-10(7-14-8)16(18)19)12(17)15-9-2-4-13-5-3-9/h6-7,9,13H,2-5H2,1H3,(H,15,17). The number of carbonyl (C=O) groups excluding carboxylic acids is 1. The molecule has 1 fully saturated rings. The second-order valence-corrected chi connectivity index (χ2v) is 4.58. The highest BCUT2D eigenvalue weighted by atomic mass is 16.6. The normalized spacial score (nSPS) is 16.1. The van der Waals surface area contributed by atoms with Gasteiger partial charge in [0, 0.05) is 12.1 Å². The quantitative estimate of drug-likeness (QED) is 0.621. The molecule has 0 bridgehead atoms. The molecule has 19 heavy (non-hydrogen) atoms. The first-order valence-electron chi connectivity index (χ1n) is 6.20. The Morgan fingerprint density at radius 1 is 1.53 bits per heavy atom. The number of nitrogens with zero attached hydrogens (tertiary/aromatic N) is 2. The summed E-state index contributed by atoms with van der Waals surface area (Å²) in [6.07, 6.45) is 2.90. The van der Waals surface area contributed by atoms with E-state index in [1.54, 1.807) is 6.92 Å². The summed E-state index contributed by atoms with van der Waals surface area (Å²) in [4.78, 5) is 26.2. The lowest BCUT2D eigenvalue weighted by Crippen LogP contribution is -2.42. The van der Waals surface area contributed by atoms with Crippen LogP contribution >= 0.6 is 0 Å². The fraction of sp³-hybridized carbons (Fsp3) is 0.500. The number of nitro groups is 1. The van der Waals surface area contributed by atoms with E-state index in [-0.39, 0.29) is 23.2 Å². The average Bonchev–Trinajstić information content (AvgIpc) is 2.40. The first-order valence-corrected chi connectivity index (χ1v) is 6.20. The summed E-state index contributed by atoms with van der Waals surface area (Å²) in [7, 11) is 0. The van der Waals surface area contributed by atoms with Crippen LogP contribution in [-0.4, -0.2) is 34.9 Å². The van der Waals surface area contributed by atoms with E-state index in [0.717, 1.165) is 32.1 Å². The van der Waals surface area contributed by atoms with Crippen molar-refractivity contribution in [2.45, 2.75) is 25.8 Å². The van der Waals surface area contributed by atoms with Crippen LogP contribution in [-0.2, 0) is 0 Å². The summed E-state index contributed by atoms with van der Waals surface area (Å²) in [6, 6.07) is 1.39. The van der Waals surface area contributed by atoms with Gasteiger partial charge in [0.05, 0.1) is 16.2 Å². The number of piperidine rings is 1. The molecule has 2 heterocycles. The molecule has 7 nitrogen and oxygen atoms in total. The lowest BCUT2D eigenvalue weighted by atomic mass is 10.1. The Kier molecular flexibility index (Phi) is 4.06. The van der Waals surface area contributed by atoms with Gasteiger partial charge in [0.2, 0.25) is 0 Å². The smallest absolute Gasteiger partial charge is 0.288 e. The van der Waals surface area contributed by atoms with Crippen LogP contribution in [0.2, 0.25) is 0 Å². The molecule has 1 aliphatic rings. The first-order chi connectivity index (χ1) is 9.08. The van der Waals surface area contributed by atoms with Crippen LogP contribution in [0, 0.1) is 17.0 Å². The molecule has 2 rings (SSSR count). The van der Waals surface area contributed by atoms with Crippen molar-refractivity contribution in [1.29, 1.82) is 0 Å². The predicted octanol–water partition coefficient (Wildman–Crippen LogP) is 0.780. The van der Waals surface area contributed by atoms with E-state index in [4.69, 9.17) is 0 Å². The number of nitrogens with one attached hydrogen (secondary N) is 2. The van der Waals surface area contributed by atoms with Crippen molar-refractivity contribution in [1.82, 2.24) is 15.6 Å². The van der Waals surface area contributed by atoms with Crippen molar-refractivity contribution in [3.63, 3.8) is 0 Å². The zero-order valence-corrected chi connectivity index (χ0v) is 10.7. The fourth-order valence-corrected chi connectivity index (χ4v) is 2.08. The summed E-state index contributed by atoms with van der Waals surface area (Å²) in [6.45, 7) is 3.41. The van der Waals surface area contributed by atoms with Crippen molar-refractivity contribution in [3.8, 4) is 0 Å². The summed E-state index contributed by atoms with van der Waals surface area (Å²) in [5.41, 5.74) is 0.603. The molecule has 102 valence electrons. The number of aromatic nitrogens is 1. The lowest BCUT2D eigenvalue weighted by molar-refractivity contribution is -0.385. The number of pyridine rings is 1. The average molecular weight is 264 g/mol. The highest BCUT2D eigenvalue weighted by Gasteiger charge is 2.20. The number of amides is 1. The summed E-state index contributed by atoms with van der Waals surface area (Å²) < 4.78 is 0. The molecule has 1 aliphatic heterocycles. The Morgan fingerprint density at radius 3 is 2.84 bits per heavy atom. The summed E-state index contributed by atoms with van der Waals surface area (Å²) in [5, 5.41) is 16.8. The molecule has 0 atom stereocenters. The monoisotopic (exact) mass is 264 g/mol. The topological polar surface area (TPSA) is 97.2 Å². The number of hydrogen-bond acceptors (Lipinski definition) is 5. The summed E-state index contributed by atoms with van der Waals surface area (Å²) >= 11 is 0. The number of carbonyl (C=O) groups is 1. The molecule has 1 amide bonds. The van der Waals surface area contributed by atoms with E-state index in [0.29, 0.717) is 5.69 Å². The van der Waals surface area contributed by atoms with Gasteiger partial charge in [-0.05, 0) is 32.9 Å². The van der Waals surface area contributed by atoms with Crippen LogP contribution in [0.4, 0.5) is 5.69 Å². The van der Waals surface area contributed by atoms with Crippen molar-refractivity contribution >= 4 is 11.6 Å². The molecule has 0 spiro atoms. The minimum atomic E-state index is -0.548. The molecule has 0 aromatic carbocycles. The van der Waals surface area contributed by atoms with E-state index in [1.165, 1.54) is 6.07 Å². The molecule has 7 heteroatoms. The van der Waals surface area contributed by atoms with Gasteiger partial charge in [0.1, 0.15) is 6.20 Å². The number of hydrogen-bond donors (Lipinski definition) is 2. The van der Waals surface area contributed by atoms with Crippen molar-refractivity contribution in [2.24, 2.45) is 0 Å². The van der Waals surface area contributed by atoms with Gasteiger partial charge < -0.3 is 10.6 Å². The van der Waals surface area contributed by atoms with Gasteiger partial charge in [-0.3, -0.25) is 19.9 Å². The second kappa shape index (κ2) is 5.75. The Hall–Kier alpha value is -2.02. The van der Waals surface area contributed by atoms with Gasteiger partial charge in [-0.2, -0.15) is 0 Å². The fourth-order valence-electron chi connectivity index (χ4n) is 2.08. The Bertz CT molecular complexity index is 498. The molecule has 0 aliphatic carbocycles. The zero-order valence-electron chi connectivity index (χ0n) is 10.7. The van der Waals surface area contributed by atoms with Gasteiger partial charge in [0.25, 0.3) is 11.6 Å². The molecule has 2 N–H and O–H groups in total. The van der Waals surface area contributed by atoms with E-state index < -0.39 is 4.92 Å². The maximum absolute atomic E-state index is 12.1. The first kappa shape index (κ1) is 13.4. The highest BCUT2D eigenvalue weighted by molar-refractivity contribution is 5.95. The molecule has 0 saturated carbocycles. The van der Waals surface area contributed by atoms with Crippen molar-refractivity contribution in [2.75, 3.05) is 13.1 Å².